The van der Waals surface area contributed by atoms with Crippen LogP contribution >= 0.6 is 0 Å². The molecule has 0 aliphatic carbocycles. The normalized spacial score (nSPS) is 16.0. The van der Waals surface area contributed by atoms with Crippen molar-refractivity contribution < 1.29 is 13.2 Å². The Bertz CT molecular complexity index is 765. The number of benzene rings is 1. The van der Waals surface area contributed by atoms with E-state index in [1.807, 2.05) is 18.2 Å². The molecule has 1 aliphatic heterocycles. The number of fused-ring (bicyclic) bond motifs is 1. The summed E-state index contributed by atoms with van der Waals surface area (Å²) in [6.07, 6.45) is 4.56. The Hall–Kier alpha value is -1.93. The standard InChI is InChI=1S/C16H22N4O3S/c1-23-13-2-3-15-14(10-13)16(18-11-17-15)20-8-5-12(6-9-20)4-7-19-24(21)22/h2-3,10-12,24H,4-9H2,1H3,(H,19,21,22). The molecule has 2 aromatic rings. The van der Waals surface area contributed by atoms with Crippen LogP contribution in [0.15, 0.2) is 24.5 Å². The number of hydrogen-bond acceptors (Lipinski definition) is 6. The van der Waals surface area contributed by atoms with E-state index in [-0.39, 0.29) is 0 Å². The molecule has 1 saturated heterocycles. The van der Waals surface area contributed by atoms with Gasteiger partial charge in [-0.15, -0.1) is 0 Å². The molecular formula is C16H22N4O3S. The van der Waals surface area contributed by atoms with Crippen molar-refractivity contribution in [3.63, 3.8) is 0 Å². The zero-order valence-corrected chi connectivity index (χ0v) is 14.5. The second kappa shape index (κ2) is 7.76. The summed E-state index contributed by atoms with van der Waals surface area (Å²) < 4.78 is 28.9. The summed E-state index contributed by atoms with van der Waals surface area (Å²) in [5.74, 6) is 2.29. The summed E-state index contributed by atoms with van der Waals surface area (Å²) >= 11 is 0. The van der Waals surface area contributed by atoms with Crippen molar-refractivity contribution in [2.75, 3.05) is 31.6 Å². The second-order valence-electron chi connectivity index (χ2n) is 5.96. The van der Waals surface area contributed by atoms with Crippen LogP contribution < -0.4 is 14.4 Å². The summed E-state index contributed by atoms with van der Waals surface area (Å²) in [6.45, 7) is 2.35. The summed E-state index contributed by atoms with van der Waals surface area (Å²) in [4.78, 5) is 11.1. The van der Waals surface area contributed by atoms with Gasteiger partial charge in [-0.1, -0.05) is 0 Å². The van der Waals surface area contributed by atoms with Crippen molar-refractivity contribution in [1.82, 2.24) is 14.7 Å². The maximum atomic E-state index is 10.5. The van der Waals surface area contributed by atoms with E-state index in [1.165, 1.54) is 0 Å². The Morgan fingerprint density at radius 2 is 2.08 bits per heavy atom. The van der Waals surface area contributed by atoms with Crippen molar-refractivity contribution in [2.24, 2.45) is 5.92 Å². The lowest BCUT2D eigenvalue weighted by atomic mass is 9.93. The number of hydrogen-bond donors (Lipinski definition) is 2. The quantitative estimate of drug-likeness (QED) is 0.766. The Balaban J connectivity index is 1.69. The van der Waals surface area contributed by atoms with E-state index >= 15 is 0 Å². The van der Waals surface area contributed by atoms with Gasteiger partial charge in [0.25, 0.3) is 0 Å². The minimum atomic E-state index is -2.49. The molecule has 0 spiro atoms. The third-order valence-corrected chi connectivity index (χ3v) is 5.01. The Kier molecular flexibility index (Phi) is 5.47. The summed E-state index contributed by atoms with van der Waals surface area (Å²) in [5, 5.41) is 1.00. The minimum absolute atomic E-state index is 0.525. The molecule has 2 heterocycles. The van der Waals surface area contributed by atoms with Gasteiger partial charge >= 0.3 is 0 Å². The molecular weight excluding hydrogens is 328 g/mol. The maximum Gasteiger partial charge on any atom is 0.201 e. The third kappa shape index (κ3) is 3.93. The predicted octanol–water partition coefficient (Wildman–Crippen LogP) is 1.36. The van der Waals surface area contributed by atoms with Gasteiger partial charge in [0.05, 0.1) is 12.6 Å². The lowest BCUT2D eigenvalue weighted by Gasteiger charge is -2.33. The van der Waals surface area contributed by atoms with E-state index in [4.69, 9.17) is 4.74 Å². The highest BCUT2D eigenvalue weighted by molar-refractivity contribution is 7.70. The number of thiol groups is 1. The molecule has 1 fully saturated rings. The number of anilines is 1. The topological polar surface area (TPSA) is 84.4 Å². The number of aromatic nitrogens is 2. The van der Waals surface area contributed by atoms with Gasteiger partial charge in [0.1, 0.15) is 17.9 Å². The van der Waals surface area contributed by atoms with Crippen molar-refractivity contribution in [3.05, 3.63) is 24.5 Å². The van der Waals surface area contributed by atoms with Crippen LogP contribution in [0.3, 0.4) is 0 Å². The van der Waals surface area contributed by atoms with Gasteiger partial charge in [0, 0.05) is 25.0 Å². The van der Waals surface area contributed by atoms with E-state index in [0.29, 0.717) is 12.5 Å². The molecule has 1 aromatic heterocycles. The fourth-order valence-electron chi connectivity index (χ4n) is 3.19. The first-order valence-corrected chi connectivity index (χ1v) is 9.26. The summed E-state index contributed by atoms with van der Waals surface area (Å²) in [7, 11) is -0.834. The van der Waals surface area contributed by atoms with Crippen molar-refractivity contribution in [3.8, 4) is 5.75 Å². The van der Waals surface area contributed by atoms with Crippen LogP contribution in [0.4, 0.5) is 5.82 Å². The highest BCUT2D eigenvalue weighted by Gasteiger charge is 2.21. The first-order valence-electron chi connectivity index (χ1n) is 8.09. The first-order chi connectivity index (χ1) is 11.7. The van der Waals surface area contributed by atoms with Crippen LogP contribution in [0.2, 0.25) is 0 Å². The number of nitrogens with zero attached hydrogens (tertiary/aromatic N) is 3. The number of ether oxygens (including phenoxy) is 1. The molecule has 1 aromatic carbocycles. The molecule has 3 rings (SSSR count). The van der Waals surface area contributed by atoms with E-state index in [1.54, 1.807) is 13.4 Å². The molecule has 24 heavy (non-hydrogen) atoms. The third-order valence-electron chi connectivity index (χ3n) is 4.53. The number of piperidine rings is 1. The highest BCUT2D eigenvalue weighted by Crippen LogP contribution is 2.30. The second-order valence-corrected chi connectivity index (χ2v) is 6.80. The van der Waals surface area contributed by atoms with E-state index in [0.717, 1.165) is 54.8 Å². The van der Waals surface area contributed by atoms with Gasteiger partial charge in [-0.2, -0.15) is 0 Å². The highest BCUT2D eigenvalue weighted by atomic mass is 32.2. The summed E-state index contributed by atoms with van der Waals surface area (Å²) in [5.41, 5.74) is 0.909. The SMILES string of the molecule is COc1ccc2ncnc(N3CCC(CCN[SH](=O)=O)CC3)c2c1. The van der Waals surface area contributed by atoms with Crippen LogP contribution in [-0.4, -0.2) is 45.1 Å². The molecule has 7 nitrogen and oxygen atoms in total. The number of nitrogens with one attached hydrogen (secondary N) is 1. The van der Waals surface area contributed by atoms with E-state index < -0.39 is 10.9 Å². The zero-order chi connectivity index (χ0) is 16.9. The largest absolute Gasteiger partial charge is 0.497 e. The molecule has 1 aliphatic rings. The lowest BCUT2D eigenvalue weighted by Crippen LogP contribution is -2.35. The number of methoxy groups -OCH3 is 1. The van der Waals surface area contributed by atoms with Crippen LogP contribution in [0.1, 0.15) is 19.3 Å². The smallest absolute Gasteiger partial charge is 0.201 e. The van der Waals surface area contributed by atoms with Crippen molar-refractivity contribution in [2.45, 2.75) is 19.3 Å². The molecule has 0 atom stereocenters. The van der Waals surface area contributed by atoms with Gasteiger partial charge < -0.3 is 9.64 Å². The monoisotopic (exact) mass is 350 g/mol. The van der Waals surface area contributed by atoms with Crippen LogP contribution in [-0.2, 0) is 10.9 Å². The molecule has 8 heteroatoms. The van der Waals surface area contributed by atoms with Gasteiger partial charge in [-0.05, 0) is 43.4 Å². The maximum absolute atomic E-state index is 10.5. The molecule has 1 N–H and O–H groups in total. The fraction of sp³-hybridized carbons (Fsp3) is 0.500. The molecule has 0 unspecified atom stereocenters. The Labute approximate surface area is 143 Å². The van der Waals surface area contributed by atoms with Crippen LogP contribution in [0.5, 0.6) is 5.75 Å². The zero-order valence-electron chi connectivity index (χ0n) is 13.6. The Morgan fingerprint density at radius 1 is 1.29 bits per heavy atom. The Morgan fingerprint density at radius 3 is 2.79 bits per heavy atom. The van der Waals surface area contributed by atoms with Gasteiger partial charge in [-0.3, -0.25) is 0 Å². The molecule has 0 radical (unpaired) electrons. The average Bonchev–Trinajstić information content (AvgIpc) is 2.61. The van der Waals surface area contributed by atoms with Crippen LogP contribution in [0.25, 0.3) is 10.9 Å². The van der Waals surface area contributed by atoms with Crippen LogP contribution in [0, 0.1) is 5.92 Å². The predicted molar refractivity (Wildman–Crippen MR) is 94.0 cm³/mol. The van der Waals surface area contributed by atoms with Gasteiger partial charge in [0.15, 0.2) is 0 Å². The number of rotatable bonds is 6. The van der Waals surface area contributed by atoms with Crippen molar-refractivity contribution in [1.29, 1.82) is 0 Å². The summed E-state index contributed by atoms with van der Waals surface area (Å²) in [6, 6.07) is 5.83. The van der Waals surface area contributed by atoms with E-state index in [2.05, 4.69) is 19.6 Å². The molecule has 130 valence electrons. The molecule has 0 saturated carbocycles. The fourth-order valence-corrected chi connectivity index (χ4v) is 3.51. The first kappa shape index (κ1) is 16.9. The molecule has 0 amide bonds. The van der Waals surface area contributed by atoms with Crippen molar-refractivity contribution >= 4 is 27.6 Å². The average molecular weight is 350 g/mol. The lowest BCUT2D eigenvalue weighted by molar-refractivity contribution is 0.381. The molecule has 0 bridgehead atoms. The minimum Gasteiger partial charge on any atom is -0.497 e. The van der Waals surface area contributed by atoms with Gasteiger partial charge in [-0.25, -0.2) is 23.1 Å². The van der Waals surface area contributed by atoms with E-state index in [9.17, 15) is 8.42 Å². The van der Waals surface area contributed by atoms with Gasteiger partial charge in [0.2, 0.25) is 10.9 Å².